The van der Waals surface area contributed by atoms with Crippen LogP contribution < -0.4 is 0 Å². The summed E-state index contributed by atoms with van der Waals surface area (Å²) in [4.78, 5) is 9.12. The molecule has 0 saturated carbocycles. The van der Waals surface area contributed by atoms with E-state index in [4.69, 9.17) is 11.6 Å². The minimum Gasteiger partial charge on any atom is -0.501 e. The fourth-order valence-corrected chi connectivity index (χ4v) is 2.39. The number of nitro benzene ring substituents is 1. The van der Waals surface area contributed by atoms with E-state index in [1.54, 1.807) is 0 Å². The van der Waals surface area contributed by atoms with E-state index in [0.717, 1.165) is 12.1 Å². The van der Waals surface area contributed by atoms with E-state index in [-0.39, 0.29) is 10.8 Å². The third-order valence-corrected chi connectivity index (χ3v) is 3.89. The Labute approximate surface area is 96.5 Å². The molecule has 6 nitrogen and oxygen atoms in total. The van der Waals surface area contributed by atoms with Crippen LogP contribution in [-0.4, -0.2) is 24.2 Å². The third kappa shape index (κ3) is 2.25. The summed E-state index contributed by atoms with van der Waals surface area (Å²) in [6, 6.07) is 1.88. The topological polar surface area (TPSA) is 97.5 Å². The molecule has 0 aliphatic carbocycles. The minimum atomic E-state index is -3.75. The van der Waals surface area contributed by atoms with Crippen molar-refractivity contribution in [2.24, 2.45) is 0 Å². The molecule has 0 aliphatic rings. The molecule has 0 radical (unpaired) electrons. The summed E-state index contributed by atoms with van der Waals surface area (Å²) in [5.74, 6) is -1.16. The molecular weight excluding hydrogens is 258 g/mol. The molecule has 1 N–H and O–H groups in total. The summed E-state index contributed by atoms with van der Waals surface area (Å²) in [6.07, 6.45) is 0. The number of halogens is 1. The number of nitrogens with zero attached hydrogens (tertiary/aromatic N) is 1. The number of sulfone groups is 1. The van der Waals surface area contributed by atoms with Gasteiger partial charge in [0.15, 0.2) is 9.84 Å². The molecule has 1 aromatic carbocycles. The highest BCUT2D eigenvalue weighted by atomic mass is 35.5. The van der Waals surface area contributed by atoms with Gasteiger partial charge < -0.3 is 5.11 Å². The number of phenolic OH excluding ortho intramolecular Hbond substituents is 1. The Balaban J connectivity index is 3.60. The number of aromatic hydroxyl groups is 1. The van der Waals surface area contributed by atoms with Gasteiger partial charge in [0.1, 0.15) is 4.90 Å². The van der Waals surface area contributed by atoms with Crippen LogP contribution in [0.5, 0.6) is 5.75 Å². The zero-order valence-electron chi connectivity index (χ0n) is 8.18. The van der Waals surface area contributed by atoms with Gasteiger partial charge in [0.2, 0.25) is 5.75 Å². The highest BCUT2D eigenvalue weighted by molar-refractivity contribution is 7.91. The highest BCUT2D eigenvalue weighted by Gasteiger charge is 2.25. The molecule has 88 valence electrons. The van der Waals surface area contributed by atoms with E-state index in [1.165, 1.54) is 6.92 Å². The Hall–Kier alpha value is -1.34. The van der Waals surface area contributed by atoms with Crippen molar-refractivity contribution in [2.45, 2.75) is 11.8 Å². The molecule has 0 spiro atoms. The Morgan fingerprint density at radius 2 is 2.06 bits per heavy atom. The summed E-state index contributed by atoms with van der Waals surface area (Å²) in [6.45, 7) is 1.36. The van der Waals surface area contributed by atoms with Crippen molar-refractivity contribution in [3.05, 3.63) is 27.3 Å². The SMILES string of the molecule is CCS(=O)(=O)c1cc(Cl)cc([N+](=O)[O-])c1O. The Morgan fingerprint density at radius 3 is 2.50 bits per heavy atom. The van der Waals surface area contributed by atoms with Gasteiger partial charge in [-0.25, -0.2) is 8.42 Å². The summed E-state index contributed by atoms with van der Waals surface area (Å²) in [5.41, 5.74) is -0.723. The number of benzene rings is 1. The van der Waals surface area contributed by atoms with Crippen LogP contribution in [-0.2, 0) is 9.84 Å². The van der Waals surface area contributed by atoms with Gasteiger partial charge in [0.05, 0.1) is 10.7 Å². The van der Waals surface area contributed by atoms with E-state index in [0.29, 0.717) is 0 Å². The van der Waals surface area contributed by atoms with Crippen LogP contribution in [0.4, 0.5) is 5.69 Å². The molecule has 1 rings (SSSR count). The monoisotopic (exact) mass is 265 g/mol. The van der Waals surface area contributed by atoms with Gasteiger partial charge in [-0.15, -0.1) is 0 Å². The molecule has 16 heavy (non-hydrogen) atoms. The first kappa shape index (κ1) is 12.7. The lowest BCUT2D eigenvalue weighted by Gasteiger charge is -2.05. The Kier molecular flexibility index (Phi) is 3.39. The van der Waals surface area contributed by atoms with Gasteiger partial charge in [-0.2, -0.15) is 0 Å². The second kappa shape index (κ2) is 4.26. The second-order valence-corrected chi connectivity index (χ2v) is 5.62. The largest absolute Gasteiger partial charge is 0.501 e. The van der Waals surface area contributed by atoms with Crippen molar-refractivity contribution < 1.29 is 18.4 Å². The summed E-state index contributed by atoms with van der Waals surface area (Å²) >= 11 is 5.55. The fraction of sp³-hybridized carbons (Fsp3) is 0.250. The molecule has 0 atom stereocenters. The van der Waals surface area contributed by atoms with Crippen molar-refractivity contribution in [3.8, 4) is 5.75 Å². The van der Waals surface area contributed by atoms with E-state index >= 15 is 0 Å². The number of hydrogen-bond donors (Lipinski definition) is 1. The zero-order valence-corrected chi connectivity index (χ0v) is 9.75. The van der Waals surface area contributed by atoms with Crippen molar-refractivity contribution >= 4 is 27.1 Å². The van der Waals surface area contributed by atoms with Gasteiger partial charge in [-0.3, -0.25) is 10.1 Å². The standard InChI is InChI=1S/C8H8ClNO5S/c1-2-16(14,15)7-4-5(9)3-6(8(7)11)10(12)13/h3-4,11H,2H2,1H3. The maximum atomic E-state index is 11.5. The van der Waals surface area contributed by atoms with Crippen LogP contribution in [0, 0.1) is 10.1 Å². The number of rotatable bonds is 3. The molecule has 1 aromatic rings. The molecule has 0 aliphatic heterocycles. The van der Waals surface area contributed by atoms with E-state index in [1.807, 2.05) is 0 Å². The molecule has 0 aromatic heterocycles. The summed E-state index contributed by atoms with van der Waals surface area (Å²) in [7, 11) is -3.75. The lowest BCUT2D eigenvalue weighted by molar-refractivity contribution is -0.386. The van der Waals surface area contributed by atoms with Crippen LogP contribution in [0.2, 0.25) is 5.02 Å². The van der Waals surface area contributed by atoms with Crippen LogP contribution in [0.3, 0.4) is 0 Å². The lowest BCUT2D eigenvalue weighted by atomic mass is 10.3. The predicted molar refractivity (Wildman–Crippen MR) is 57.5 cm³/mol. The molecule has 0 saturated heterocycles. The molecule has 0 heterocycles. The molecular formula is C8H8ClNO5S. The van der Waals surface area contributed by atoms with Gasteiger partial charge in [-0.1, -0.05) is 18.5 Å². The predicted octanol–water partition coefficient (Wildman–Crippen LogP) is 1.75. The van der Waals surface area contributed by atoms with Crippen molar-refractivity contribution in [3.63, 3.8) is 0 Å². The van der Waals surface area contributed by atoms with Crippen molar-refractivity contribution in [1.29, 1.82) is 0 Å². The minimum absolute atomic E-state index is 0.114. The number of nitro groups is 1. The molecule has 0 amide bonds. The maximum absolute atomic E-state index is 11.5. The maximum Gasteiger partial charge on any atom is 0.313 e. The van der Waals surface area contributed by atoms with Gasteiger partial charge >= 0.3 is 5.69 Å². The first-order valence-corrected chi connectivity index (χ1v) is 6.22. The average Bonchev–Trinajstić information content (AvgIpc) is 2.20. The van der Waals surface area contributed by atoms with Gasteiger partial charge in [-0.05, 0) is 6.07 Å². The van der Waals surface area contributed by atoms with E-state index in [2.05, 4.69) is 0 Å². The van der Waals surface area contributed by atoms with Crippen molar-refractivity contribution in [1.82, 2.24) is 0 Å². The molecule has 0 fully saturated rings. The highest BCUT2D eigenvalue weighted by Crippen LogP contribution is 2.36. The average molecular weight is 266 g/mol. The smallest absolute Gasteiger partial charge is 0.313 e. The van der Waals surface area contributed by atoms with Crippen LogP contribution in [0.1, 0.15) is 6.92 Å². The quantitative estimate of drug-likeness (QED) is 0.663. The molecule has 0 unspecified atom stereocenters. The summed E-state index contributed by atoms with van der Waals surface area (Å²) in [5, 5.41) is 19.9. The van der Waals surface area contributed by atoms with Gasteiger partial charge in [0.25, 0.3) is 0 Å². The Bertz CT molecular complexity index is 540. The van der Waals surface area contributed by atoms with E-state index in [9.17, 15) is 23.6 Å². The van der Waals surface area contributed by atoms with Crippen LogP contribution in [0.15, 0.2) is 17.0 Å². The zero-order chi connectivity index (χ0) is 12.5. The molecule has 8 heteroatoms. The lowest BCUT2D eigenvalue weighted by Crippen LogP contribution is -2.05. The second-order valence-electron chi connectivity index (χ2n) is 2.93. The number of hydrogen-bond acceptors (Lipinski definition) is 5. The number of phenols is 1. The van der Waals surface area contributed by atoms with Crippen molar-refractivity contribution in [2.75, 3.05) is 5.75 Å². The first-order chi connectivity index (χ1) is 7.29. The molecule has 0 bridgehead atoms. The normalized spacial score (nSPS) is 11.4. The van der Waals surface area contributed by atoms with Crippen LogP contribution >= 0.6 is 11.6 Å². The Morgan fingerprint density at radius 1 is 1.50 bits per heavy atom. The van der Waals surface area contributed by atoms with Crippen LogP contribution in [0.25, 0.3) is 0 Å². The van der Waals surface area contributed by atoms with Gasteiger partial charge in [0, 0.05) is 11.1 Å². The van der Waals surface area contributed by atoms with E-state index < -0.39 is 31.1 Å². The summed E-state index contributed by atoms with van der Waals surface area (Å²) < 4.78 is 23.0. The third-order valence-electron chi connectivity index (χ3n) is 1.93. The fourth-order valence-electron chi connectivity index (χ4n) is 1.09. The first-order valence-electron chi connectivity index (χ1n) is 4.19.